The van der Waals surface area contributed by atoms with Gasteiger partial charge in [-0.2, -0.15) is 5.10 Å². The van der Waals surface area contributed by atoms with Crippen molar-refractivity contribution < 1.29 is 23.5 Å². The first kappa shape index (κ1) is 18.2. The van der Waals surface area contributed by atoms with Gasteiger partial charge < -0.3 is 14.5 Å². The number of halogens is 1. The fourth-order valence-electron chi connectivity index (χ4n) is 2.57. The maximum Gasteiger partial charge on any atom is 0.325 e. The number of rotatable bonds is 5. The van der Waals surface area contributed by atoms with E-state index in [0.717, 1.165) is 0 Å². The largest absolute Gasteiger partial charge is 0.480 e. The normalized spacial score (nSPS) is 11.7. The molecule has 0 spiro atoms. The van der Waals surface area contributed by atoms with Crippen molar-refractivity contribution in [2.24, 2.45) is 0 Å². The number of nitrogens with one attached hydrogen (secondary N) is 1. The van der Waals surface area contributed by atoms with E-state index in [1.54, 1.807) is 6.07 Å². The van der Waals surface area contributed by atoms with Gasteiger partial charge in [-0.25, -0.2) is 14.5 Å². The van der Waals surface area contributed by atoms with E-state index < -0.39 is 19.0 Å². The van der Waals surface area contributed by atoms with Gasteiger partial charge in [-0.15, -0.1) is 0 Å². The van der Waals surface area contributed by atoms with Gasteiger partial charge in [0.2, 0.25) is 5.88 Å². The fraction of sp³-hybridized carbons (Fsp3) is 0.188. The zero-order valence-electron chi connectivity index (χ0n) is 13.6. The summed E-state index contributed by atoms with van der Waals surface area (Å²) < 4.78 is 30.6. The summed E-state index contributed by atoms with van der Waals surface area (Å²) in [6.45, 7) is 0. The second-order valence-electron chi connectivity index (χ2n) is 5.63. The lowest BCUT2D eigenvalue weighted by molar-refractivity contribution is 0.373. The van der Waals surface area contributed by atoms with E-state index in [1.807, 2.05) is 0 Å². The van der Waals surface area contributed by atoms with Crippen molar-refractivity contribution in [2.75, 3.05) is 13.3 Å². The molecule has 0 saturated heterocycles. The van der Waals surface area contributed by atoms with Crippen molar-refractivity contribution in [3.63, 3.8) is 0 Å². The lowest BCUT2D eigenvalue weighted by Gasteiger charge is -2.10. The Morgan fingerprint density at radius 2 is 2.08 bits per heavy atom. The Labute approximate surface area is 146 Å². The van der Waals surface area contributed by atoms with Gasteiger partial charge in [0.1, 0.15) is 11.2 Å². The Bertz CT molecular complexity index is 1080. The van der Waals surface area contributed by atoms with Crippen LogP contribution in [-0.4, -0.2) is 38.2 Å². The molecule has 136 valence electrons. The predicted molar refractivity (Wildman–Crippen MR) is 92.7 cm³/mol. The van der Waals surface area contributed by atoms with Crippen LogP contribution < -0.4 is 10.3 Å². The number of methoxy groups -OCH3 is 1. The summed E-state index contributed by atoms with van der Waals surface area (Å²) in [5, 5.41) is 6.67. The van der Waals surface area contributed by atoms with Gasteiger partial charge in [0.25, 0.3) is 5.56 Å². The van der Waals surface area contributed by atoms with Gasteiger partial charge in [-0.1, -0.05) is 6.07 Å². The molecule has 0 radical (unpaired) electrons. The highest BCUT2D eigenvalue weighted by atomic mass is 31.2. The first-order valence-electron chi connectivity index (χ1n) is 7.54. The number of H-pyrrole nitrogens is 1. The lowest BCUT2D eigenvalue weighted by Crippen LogP contribution is -2.10. The molecule has 0 saturated carbocycles. The summed E-state index contributed by atoms with van der Waals surface area (Å²) in [5.41, 5.74) is 0.415. The van der Waals surface area contributed by atoms with Crippen LogP contribution in [0.15, 0.2) is 35.3 Å². The average molecular weight is 379 g/mol. The molecule has 0 unspecified atom stereocenters. The second kappa shape index (κ2) is 6.95. The molecule has 0 amide bonds. The summed E-state index contributed by atoms with van der Waals surface area (Å²) in [5.74, 6) is -0.550. The number of aryl methyl sites for hydroxylation is 1. The van der Waals surface area contributed by atoms with Crippen LogP contribution in [0.25, 0.3) is 22.0 Å². The number of aromatic amines is 1. The molecule has 3 aromatic rings. The Morgan fingerprint density at radius 3 is 2.73 bits per heavy atom. The third kappa shape index (κ3) is 3.80. The number of hydrogen-bond donors (Lipinski definition) is 3. The second-order valence-corrected chi connectivity index (χ2v) is 7.41. The zero-order chi connectivity index (χ0) is 18.9. The van der Waals surface area contributed by atoms with Crippen molar-refractivity contribution in [1.29, 1.82) is 0 Å². The minimum Gasteiger partial charge on any atom is -0.480 e. The molecule has 2 heterocycles. The van der Waals surface area contributed by atoms with Gasteiger partial charge in [-0.3, -0.25) is 9.36 Å². The van der Waals surface area contributed by atoms with Crippen LogP contribution in [0.1, 0.15) is 5.56 Å². The molecule has 0 bridgehead atoms. The molecule has 26 heavy (non-hydrogen) atoms. The van der Waals surface area contributed by atoms with Crippen LogP contribution >= 0.6 is 7.60 Å². The number of pyridine rings is 1. The molecule has 2 aromatic heterocycles. The zero-order valence-corrected chi connectivity index (χ0v) is 14.5. The molecule has 8 nitrogen and oxygen atoms in total. The van der Waals surface area contributed by atoms with Crippen LogP contribution in [0.2, 0.25) is 0 Å². The molecule has 10 heteroatoms. The van der Waals surface area contributed by atoms with Crippen molar-refractivity contribution in [1.82, 2.24) is 15.2 Å². The van der Waals surface area contributed by atoms with Crippen LogP contribution in [0.4, 0.5) is 4.39 Å². The van der Waals surface area contributed by atoms with E-state index in [2.05, 4.69) is 15.2 Å². The molecule has 0 aliphatic carbocycles. The standard InChI is InChI=1S/C16H15FN3O5P/c1-25-16-14-10(8-18-20-15(14)21)7-13(19-16)11-3-2-9(6-12(11)17)4-5-26(22,23)24/h2-3,6-8H,4-5H2,1H3,(H,20,21)(H2,22,23,24). The number of hydrogen-bond acceptors (Lipinski definition) is 5. The molecule has 0 aliphatic rings. The van der Waals surface area contributed by atoms with Crippen LogP contribution in [0.5, 0.6) is 5.88 Å². The molecular weight excluding hydrogens is 364 g/mol. The lowest BCUT2D eigenvalue weighted by atomic mass is 10.0. The van der Waals surface area contributed by atoms with Crippen LogP contribution in [0.3, 0.4) is 0 Å². The third-order valence-electron chi connectivity index (χ3n) is 3.81. The molecule has 3 N–H and O–H groups in total. The van der Waals surface area contributed by atoms with Gasteiger partial charge in [0, 0.05) is 10.9 Å². The molecular formula is C16H15FN3O5P. The number of aromatic nitrogens is 3. The molecule has 1 aromatic carbocycles. The smallest absolute Gasteiger partial charge is 0.325 e. The Hall–Kier alpha value is -2.61. The Morgan fingerprint density at radius 1 is 1.31 bits per heavy atom. The predicted octanol–water partition coefficient (Wildman–Crippen LogP) is 1.85. The third-order valence-corrected chi connectivity index (χ3v) is 4.61. The van der Waals surface area contributed by atoms with E-state index in [9.17, 15) is 13.8 Å². The quantitative estimate of drug-likeness (QED) is 0.578. The maximum atomic E-state index is 14.5. The Balaban J connectivity index is 2.04. The molecule has 0 atom stereocenters. The van der Waals surface area contributed by atoms with Gasteiger partial charge in [0.15, 0.2) is 0 Å². The highest BCUT2D eigenvalue weighted by Gasteiger charge is 2.16. The van der Waals surface area contributed by atoms with Crippen LogP contribution in [-0.2, 0) is 11.0 Å². The summed E-state index contributed by atoms with van der Waals surface area (Å²) in [6.07, 6.45) is 1.11. The number of nitrogens with zero attached hydrogens (tertiary/aromatic N) is 2. The Kier molecular flexibility index (Phi) is 4.86. The number of fused-ring (bicyclic) bond motifs is 1. The van der Waals surface area contributed by atoms with E-state index in [-0.39, 0.29) is 35.1 Å². The van der Waals surface area contributed by atoms with E-state index >= 15 is 0 Å². The average Bonchev–Trinajstić information content (AvgIpc) is 2.58. The summed E-state index contributed by atoms with van der Waals surface area (Å²) in [7, 11) is -2.80. The summed E-state index contributed by atoms with van der Waals surface area (Å²) in [6, 6.07) is 5.77. The molecule has 3 rings (SSSR count). The minimum absolute atomic E-state index is 0.0473. The van der Waals surface area contributed by atoms with Crippen molar-refractivity contribution >= 4 is 18.4 Å². The monoisotopic (exact) mass is 379 g/mol. The number of ether oxygens (including phenoxy) is 1. The van der Waals surface area contributed by atoms with E-state index in [4.69, 9.17) is 14.5 Å². The van der Waals surface area contributed by atoms with Gasteiger partial charge in [-0.05, 0) is 30.2 Å². The van der Waals surface area contributed by atoms with Crippen LogP contribution in [0, 0.1) is 5.82 Å². The van der Waals surface area contributed by atoms with E-state index in [1.165, 1.54) is 31.5 Å². The minimum atomic E-state index is -4.15. The van der Waals surface area contributed by atoms with Crippen molar-refractivity contribution in [3.8, 4) is 17.1 Å². The highest BCUT2D eigenvalue weighted by molar-refractivity contribution is 7.51. The molecule has 0 aliphatic heterocycles. The number of benzene rings is 1. The highest BCUT2D eigenvalue weighted by Crippen LogP contribution is 2.35. The maximum absolute atomic E-state index is 14.5. The SMILES string of the molecule is COc1nc(-c2ccc(CCP(=O)(O)O)cc2F)cc2cn[nH]c(=O)c12. The van der Waals surface area contributed by atoms with Crippen molar-refractivity contribution in [3.05, 3.63) is 52.2 Å². The summed E-state index contributed by atoms with van der Waals surface area (Å²) in [4.78, 5) is 33.9. The molecule has 0 fully saturated rings. The summed E-state index contributed by atoms with van der Waals surface area (Å²) >= 11 is 0. The fourth-order valence-corrected chi connectivity index (χ4v) is 3.12. The van der Waals surface area contributed by atoms with E-state index in [0.29, 0.717) is 10.9 Å². The topological polar surface area (TPSA) is 125 Å². The van der Waals surface area contributed by atoms with Gasteiger partial charge in [0.05, 0.1) is 25.2 Å². The van der Waals surface area contributed by atoms with Crippen molar-refractivity contribution in [2.45, 2.75) is 6.42 Å². The first-order chi connectivity index (χ1) is 12.3. The first-order valence-corrected chi connectivity index (χ1v) is 9.34. The van der Waals surface area contributed by atoms with Gasteiger partial charge >= 0.3 is 7.60 Å².